The van der Waals surface area contributed by atoms with Gasteiger partial charge >= 0.3 is 267 Å². The minimum absolute atomic E-state index is 0.267. The van der Waals surface area contributed by atoms with Crippen molar-refractivity contribution in [1.29, 1.82) is 0 Å². The molecular formula is C40H53O3P. The van der Waals surface area contributed by atoms with Crippen molar-refractivity contribution < 1.29 is 14.7 Å². The first-order chi connectivity index (χ1) is 21.3. The van der Waals surface area contributed by atoms with Gasteiger partial charge in [-0.3, -0.25) is 0 Å². The predicted octanol–water partition coefficient (Wildman–Crippen LogP) is 10.2. The normalized spacial score (nSPS) is 12.1. The second-order valence-electron chi connectivity index (χ2n) is 12.2. The molecule has 3 N–H and O–H groups in total. The van der Waals surface area contributed by atoms with Gasteiger partial charge in [-0.25, -0.2) is 0 Å². The van der Waals surface area contributed by atoms with E-state index < -0.39 is 7.94 Å². The molecule has 0 fully saturated rings. The van der Waals surface area contributed by atoms with Gasteiger partial charge in [-0.15, -0.1) is 0 Å². The second-order valence-corrected chi connectivity index (χ2v) is 14.0. The van der Waals surface area contributed by atoms with E-state index in [-0.39, 0.29) is 5.30 Å². The molecule has 44 heavy (non-hydrogen) atoms. The molecule has 0 aliphatic carbocycles. The summed E-state index contributed by atoms with van der Waals surface area (Å²) in [5.74, 6) is 0. The molecule has 3 nitrogen and oxygen atoms in total. The number of hydrogen-bond donors (Lipinski definition) is 3. The summed E-state index contributed by atoms with van der Waals surface area (Å²) >= 11 is 0. The molecule has 4 aromatic carbocycles. The molecule has 0 saturated heterocycles. The SMILES string of the molecule is CCCCc1cccc(CCCC)c1-c1ccc([PH](O)(O)O)c(-c2c(CCCC)cccc2CCCC)c1-c1ccccc1. The summed E-state index contributed by atoms with van der Waals surface area (Å²) < 4.78 is 0. The van der Waals surface area contributed by atoms with E-state index in [1.165, 1.54) is 27.8 Å². The number of rotatable bonds is 16. The monoisotopic (exact) mass is 612 g/mol. The van der Waals surface area contributed by atoms with Gasteiger partial charge in [0, 0.05) is 0 Å². The van der Waals surface area contributed by atoms with Crippen LogP contribution in [0.1, 0.15) is 101 Å². The Morgan fingerprint density at radius 2 is 0.864 bits per heavy atom. The number of hydrogen-bond acceptors (Lipinski definition) is 3. The molecule has 4 heteroatoms. The predicted molar refractivity (Wildman–Crippen MR) is 192 cm³/mol. The fourth-order valence-electron chi connectivity index (χ4n) is 6.53. The van der Waals surface area contributed by atoms with E-state index in [0.717, 1.165) is 105 Å². The zero-order valence-electron chi connectivity index (χ0n) is 27.3. The molecule has 0 saturated carbocycles. The first-order valence-electron chi connectivity index (χ1n) is 17.0. The number of unbranched alkanes of at least 4 members (excludes halogenated alkanes) is 4. The van der Waals surface area contributed by atoms with E-state index in [4.69, 9.17) is 0 Å². The molecule has 0 amide bonds. The van der Waals surface area contributed by atoms with Crippen molar-refractivity contribution in [2.24, 2.45) is 0 Å². The molecule has 0 aromatic heterocycles. The van der Waals surface area contributed by atoms with Gasteiger partial charge in [0.15, 0.2) is 0 Å². The van der Waals surface area contributed by atoms with Crippen LogP contribution < -0.4 is 5.30 Å². The quantitative estimate of drug-likeness (QED) is 0.110. The third kappa shape index (κ3) is 8.06. The van der Waals surface area contributed by atoms with Crippen LogP contribution in [0.5, 0.6) is 0 Å². The fraction of sp³-hybridized carbons (Fsp3) is 0.400. The molecule has 4 rings (SSSR count). The van der Waals surface area contributed by atoms with E-state index in [0.29, 0.717) is 0 Å². The van der Waals surface area contributed by atoms with E-state index in [1.54, 1.807) is 0 Å². The van der Waals surface area contributed by atoms with Crippen LogP contribution >= 0.6 is 7.94 Å². The first kappa shape index (κ1) is 34.1. The van der Waals surface area contributed by atoms with Crippen LogP contribution in [0, 0.1) is 0 Å². The Hall–Kier alpha value is -2.81. The summed E-state index contributed by atoms with van der Waals surface area (Å²) in [4.78, 5) is 33.3. The Kier molecular flexibility index (Phi) is 12.8. The third-order valence-electron chi connectivity index (χ3n) is 8.82. The topological polar surface area (TPSA) is 60.7 Å². The molecular weight excluding hydrogens is 559 g/mol. The van der Waals surface area contributed by atoms with Gasteiger partial charge in [0.05, 0.1) is 0 Å². The summed E-state index contributed by atoms with van der Waals surface area (Å²) in [6.07, 6.45) is 12.5. The zero-order chi connectivity index (χ0) is 31.5. The molecule has 0 heterocycles. The molecule has 0 bridgehead atoms. The van der Waals surface area contributed by atoms with Crippen molar-refractivity contribution in [3.8, 4) is 33.4 Å². The van der Waals surface area contributed by atoms with Gasteiger partial charge in [-0.1, -0.05) is 0 Å². The Balaban J connectivity index is 2.21. The average molecular weight is 613 g/mol. The van der Waals surface area contributed by atoms with Crippen LogP contribution in [0.3, 0.4) is 0 Å². The minimum atomic E-state index is -4.73. The van der Waals surface area contributed by atoms with Crippen molar-refractivity contribution in [1.82, 2.24) is 0 Å². The fourth-order valence-corrected chi connectivity index (χ4v) is 7.42. The van der Waals surface area contributed by atoms with Gasteiger partial charge in [-0.2, -0.15) is 0 Å². The Morgan fingerprint density at radius 1 is 0.432 bits per heavy atom. The van der Waals surface area contributed by atoms with Gasteiger partial charge in [0.2, 0.25) is 0 Å². The van der Waals surface area contributed by atoms with E-state index in [2.05, 4.69) is 88.4 Å². The van der Waals surface area contributed by atoms with Crippen LogP contribution in [0.25, 0.3) is 33.4 Å². The maximum atomic E-state index is 11.1. The van der Waals surface area contributed by atoms with Crippen molar-refractivity contribution in [2.45, 2.75) is 105 Å². The Bertz CT molecular complexity index is 1430. The zero-order valence-corrected chi connectivity index (χ0v) is 28.3. The molecule has 0 aliphatic heterocycles. The average Bonchev–Trinajstić information content (AvgIpc) is 3.03. The van der Waals surface area contributed by atoms with Crippen LogP contribution in [0.15, 0.2) is 78.9 Å². The summed E-state index contributed by atoms with van der Waals surface area (Å²) in [6, 6.07) is 27.5. The van der Waals surface area contributed by atoms with Gasteiger partial charge in [-0.05, 0) is 0 Å². The summed E-state index contributed by atoms with van der Waals surface area (Å²) in [5.41, 5.74) is 11.3. The molecule has 0 spiro atoms. The van der Waals surface area contributed by atoms with E-state index in [9.17, 15) is 14.7 Å². The van der Waals surface area contributed by atoms with Gasteiger partial charge in [0.25, 0.3) is 0 Å². The standard InChI is InChI=1S/C40H53O3P/c1-5-9-18-30-24-16-25-31(19-10-6-2)37(30)35-28-29-36(44(41,42)43)40(39(35)34-22-14-13-15-23-34)38-32(20-11-7-3)26-17-27-33(38)21-12-8-4/h13-17,22-29,41-44H,5-12,18-21H2,1-4H3. The van der Waals surface area contributed by atoms with Crippen molar-refractivity contribution in [3.05, 3.63) is 101 Å². The number of benzene rings is 4. The van der Waals surface area contributed by atoms with Crippen molar-refractivity contribution in [2.75, 3.05) is 0 Å². The van der Waals surface area contributed by atoms with E-state index >= 15 is 0 Å². The van der Waals surface area contributed by atoms with E-state index in [1.807, 2.05) is 18.2 Å². The Morgan fingerprint density at radius 3 is 1.27 bits per heavy atom. The molecule has 0 unspecified atom stereocenters. The van der Waals surface area contributed by atoms with Crippen LogP contribution in [0.4, 0.5) is 0 Å². The Labute approximate surface area is 266 Å². The maximum absolute atomic E-state index is 11.1. The number of aryl methyl sites for hydroxylation is 4. The molecule has 0 aliphatic rings. The molecule has 0 radical (unpaired) electrons. The van der Waals surface area contributed by atoms with Gasteiger partial charge in [0.1, 0.15) is 0 Å². The summed E-state index contributed by atoms with van der Waals surface area (Å²) in [6.45, 7) is 8.89. The van der Waals surface area contributed by atoms with Gasteiger partial charge < -0.3 is 0 Å². The van der Waals surface area contributed by atoms with Crippen molar-refractivity contribution >= 4 is 13.2 Å². The molecule has 236 valence electrons. The third-order valence-corrected chi connectivity index (χ3v) is 9.96. The molecule has 4 aromatic rings. The van der Waals surface area contributed by atoms with Crippen molar-refractivity contribution in [3.63, 3.8) is 0 Å². The van der Waals surface area contributed by atoms with Crippen LogP contribution in [-0.2, 0) is 25.7 Å². The molecule has 0 atom stereocenters. The summed E-state index contributed by atoms with van der Waals surface area (Å²) in [7, 11) is -4.73. The van der Waals surface area contributed by atoms with Crippen LogP contribution in [-0.4, -0.2) is 14.7 Å². The van der Waals surface area contributed by atoms with Crippen LogP contribution in [0.2, 0.25) is 0 Å². The first-order valence-corrected chi connectivity index (χ1v) is 18.8. The second kappa shape index (κ2) is 16.5. The summed E-state index contributed by atoms with van der Waals surface area (Å²) in [5, 5.41) is 0.267.